The molecule has 8 nitrogen and oxygen atoms in total. The van der Waals surface area contributed by atoms with Gasteiger partial charge in [-0.1, -0.05) is 0 Å². The van der Waals surface area contributed by atoms with Crippen molar-refractivity contribution in [3.63, 3.8) is 0 Å². The summed E-state index contributed by atoms with van der Waals surface area (Å²) in [7, 11) is 0. The Balaban J connectivity index is 1.47. The lowest BCUT2D eigenvalue weighted by atomic mass is 9.91. The van der Waals surface area contributed by atoms with E-state index >= 15 is 0 Å². The Bertz CT molecular complexity index is 850. The van der Waals surface area contributed by atoms with Crippen LogP contribution in [0.15, 0.2) is 23.0 Å². The monoisotopic (exact) mass is 346 g/mol. The number of benzene rings is 1. The predicted molar refractivity (Wildman–Crippen MR) is 91.6 cm³/mol. The number of rotatable bonds is 3. The number of imidazole rings is 1. The molecule has 1 atom stereocenters. The molecule has 1 aromatic carbocycles. The van der Waals surface area contributed by atoms with Crippen LogP contribution in [0, 0.1) is 0 Å². The van der Waals surface area contributed by atoms with Crippen molar-refractivity contribution in [2.45, 2.75) is 18.6 Å². The van der Waals surface area contributed by atoms with E-state index < -0.39 is 0 Å². The second kappa shape index (κ2) is 5.98. The third-order valence-corrected chi connectivity index (χ3v) is 4.84. The van der Waals surface area contributed by atoms with Crippen molar-refractivity contribution in [3.8, 4) is 0 Å². The molecule has 2 aromatic rings. The number of hydrogen-bond acceptors (Lipinski definition) is 5. The van der Waals surface area contributed by atoms with Crippen LogP contribution in [-0.4, -0.2) is 81.8 Å². The van der Waals surface area contributed by atoms with E-state index in [4.69, 9.17) is 4.74 Å². The number of H-pyrrole nitrogens is 2. The minimum atomic E-state index is -0.367. The van der Waals surface area contributed by atoms with Gasteiger partial charge in [0.25, 0.3) is 5.91 Å². The molecule has 0 aliphatic carbocycles. The smallest absolute Gasteiger partial charge is 0.323 e. The van der Waals surface area contributed by atoms with Crippen molar-refractivity contribution in [2.24, 2.45) is 0 Å². The molecule has 1 spiro atoms. The standard InChI is InChI=1S/C17H22N4O4/c1-11(22)7-20-8-17(9-20)10-21(4-5-25-17)15(23)12-2-3-13-14(6-12)19-16(24)18-13/h2-3,6,11,22H,4-5,7-10H2,1H3,(H2,18,19,24). The van der Waals surface area contributed by atoms with E-state index in [0.717, 1.165) is 13.1 Å². The molecule has 3 heterocycles. The average Bonchev–Trinajstić information content (AvgIpc) is 2.91. The highest BCUT2D eigenvalue weighted by Crippen LogP contribution is 2.30. The minimum Gasteiger partial charge on any atom is -0.392 e. The lowest BCUT2D eigenvalue weighted by molar-refractivity contribution is -0.180. The molecule has 0 saturated carbocycles. The molecule has 1 amide bonds. The highest BCUT2D eigenvalue weighted by molar-refractivity contribution is 5.97. The van der Waals surface area contributed by atoms with Crippen LogP contribution in [0.4, 0.5) is 0 Å². The number of amides is 1. The number of aromatic amines is 2. The van der Waals surface area contributed by atoms with E-state index in [1.807, 2.05) is 4.90 Å². The summed E-state index contributed by atoms with van der Waals surface area (Å²) in [5.41, 5.74) is 1.27. The summed E-state index contributed by atoms with van der Waals surface area (Å²) in [6, 6.07) is 5.18. The van der Waals surface area contributed by atoms with Crippen molar-refractivity contribution in [1.82, 2.24) is 19.8 Å². The molecule has 2 fully saturated rings. The van der Waals surface area contributed by atoms with Gasteiger partial charge in [-0.15, -0.1) is 0 Å². The molecule has 3 N–H and O–H groups in total. The zero-order valence-electron chi connectivity index (χ0n) is 14.1. The SMILES string of the molecule is CC(O)CN1CC2(C1)CN(C(=O)c1ccc3[nH]c(=O)[nH]c3c1)CCO2. The Labute approximate surface area is 144 Å². The topological polar surface area (TPSA) is 102 Å². The van der Waals surface area contributed by atoms with Gasteiger partial charge < -0.3 is 24.7 Å². The number of aliphatic hydroxyl groups excluding tert-OH is 1. The molecule has 0 radical (unpaired) electrons. The molecule has 2 aliphatic heterocycles. The van der Waals surface area contributed by atoms with E-state index in [9.17, 15) is 14.7 Å². The van der Waals surface area contributed by atoms with Crippen LogP contribution in [0.1, 0.15) is 17.3 Å². The van der Waals surface area contributed by atoms with Gasteiger partial charge in [0.2, 0.25) is 0 Å². The normalized spacial score (nSPS) is 21.4. The highest BCUT2D eigenvalue weighted by Gasteiger charge is 2.48. The van der Waals surface area contributed by atoms with Gasteiger partial charge in [-0.2, -0.15) is 0 Å². The van der Waals surface area contributed by atoms with Crippen molar-refractivity contribution in [1.29, 1.82) is 0 Å². The Hall–Kier alpha value is -2.16. The van der Waals surface area contributed by atoms with Gasteiger partial charge in [-0.3, -0.25) is 9.69 Å². The van der Waals surface area contributed by atoms with E-state index in [0.29, 0.717) is 42.8 Å². The number of carbonyl (C=O) groups excluding carboxylic acids is 1. The maximum Gasteiger partial charge on any atom is 0.323 e. The summed E-state index contributed by atoms with van der Waals surface area (Å²) in [5, 5.41) is 9.48. The van der Waals surface area contributed by atoms with Gasteiger partial charge in [0, 0.05) is 31.7 Å². The molecule has 8 heteroatoms. The fourth-order valence-electron chi connectivity index (χ4n) is 3.83. The summed E-state index contributed by atoms with van der Waals surface area (Å²) in [4.78, 5) is 33.5. The van der Waals surface area contributed by atoms with Crippen molar-refractivity contribution in [2.75, 3.05) is 39.3 Å². The first-order valence-corrected chi connectivity index (χ1v) is 8.50. The van der Waals surface area contributed by atoms with E-state index in [-0.39, 0.29) is 23.3 Å². The van der Waals surface area contributed by atoms with Crippen molar-refractivity contribution >= 4 is 16.9 Å². The molecule has 0 bridgehead atoms. The van der Waals surface area contributed by atoms with Crippen molar-refractivity contribution < 1.29 is 14.6 Å². The fourth-order valence-corrected chi connectivity index (χ4v) is 3.83. The van der Waals surface area contributed by atoms with E-state index in [2.05, 4.69) is 14.9 Å². The maximum absolute atomic E-state index is 12.9. The van der Waals surface area contributed by atoms with Crippen LogP contribution >= 0.6 is 0 Å². The molecular formula is C17H22N4O4. The van der Waals surface area contributed by atoms with Crippen LogP contribution in [0.25, 0.3) is 11.0 Å². The predicted octanol–water partition coefficient (Wildman–Crippen LogP) is -0.236. The second-order valence-corrected chi connectivity index (χ2v) is 7.12. The van der Waals surface area contributed by atoms with Crippen LogP contribution in [0.2, 0.25) is 0 Å². The van der Waals surface area contributed by atoms with Gasteiger partial charge >= 0.3 is 5.69 Å². The molecule has 2 aliphatic rings. The number of nitrogens with one attached hydrogen (secondary N) is 2. The van der Waals surface area contributed by atoms with Crippen LogP contribution in [-0.2, 0) is 4.74 Å². The number of carbonyl (C=O) groups is 1. The molecule has 25 heavy (non-hydrogen) atoms. The number of hydrogen-bond donors (Lipinski definition) is 3. The Morgan fingerprint density at radius 1 is 1.32 bits per heavy atom. The first kappa shape index (κ1) is 16.3. The zero-order valence-corrected chi connectivity index (χ0v) is 14.1. The number of morpholine rings is 1. The first-order valence-electron chi connectivity index (χ1n) is 8.50. The average molecular weight is 346 g/mol. The lowest BCUT2D eigenvalue weighted by Gasteiger charge is -2.54. The highest BCUT2D eigenvalue weighted by atomic mass is 16.5. The lowest BCUT2D eigenvalue weighted by Crippen LogP contribution is -2.71. The van der Waals surface area contributed by atoms with Gasteiger partial charge in [-0.25, -0.2) is 4.79 Å². The van der Waals surface area contributed by atoms with E-state index in [1.54, 1.807) is 25.1 Å². The minimum absolute atomic E-state index is 0.0550. The number of nitrogens with zero attached hydrogens (tertiary/aromatic N) is 2. The van der Waals surface area contributed by atoms with Gasteiger partial charge in [0.05, 0.1) is 30.3 Å². The number of likely N-dealkylation sites (tertiary alicyclic amines) is 1. The first-order chi connectivity index (χ1) is 11.9. The molecule has 2 saturated heterocycles. The largest absolute Gasteiger partial charge is 0.392 e. The third-order valence-electron chi connectivity index (χ3n) is 4.84. The summed E-state index contributed by atoms with van der Waals surface area (Å²) < 4.78 is 5.93. The van der Waals surface area contributed by atoms with Crippen molar-refractivity contribution in [3.05, 3.63) is 34.2 Å². The van der Waals surface area contributed by atoms with E-state index in [1.165, 1.54) is 0 Å². The Morgan fingerprint density at radius 3 is 2.84 bits per heavy atom. The number of β-amino-alcohol motifs (C(OH)–C–C–N with tert-alkyl or cyclic N) is 1. The Kier molecular flexibility index (Phi) is 3.90. The fraction of sp³-hybridized carbons (Fsp3) is 0.529. The zero-order chi connectivity index (χ0) is 17.6. The number of ether oxygens (including phenoxy) is 1. The molecule has 1 aromatic heterocycles. The second-order valence-electron chi connectivity index (χ2n) is 7.12. The van der Waals surface area contributed by atoms with Gasteiger partial charge in [0.1, 0.15) is 5.60 Å². The van der Waals surface area contributed by atoms with Crippen LogP contribution < -0.4 is 5.69 Å². The molecule has 4 rings (SSSR count). The van der Waals surface area contributed by atoms with Gasteiger partial charge in [0.15, 0.2) is 0 Å². The maximum atomic E-state index is 12.9. The summed E-state index contributed by atoms with van der Waals surface area (Å²) in [5.74, 6) is -0.0550. The number of aromatic nitrogens is 2. The summed E-state index contributed by atoms with van der Waals surface area (Å²) in [6.07, 6.45) is -0.367. The third kappa shape index (κ3) is 3.08. The number of fused-ring (bicyclic) bond motifs is 1. The van der Waals surface area contributed by atoms with Crippen LogP contribution in [0.3, 0.4) is 0 Å². The molecule has 134 valence electrons. The Morgan fingerprint density at radius 2 is 2.08 bits per heavy atom. The summed E-state index contributed by atoms with van der Waals surface area (Å²) >= 11 is 0. The number of aliphatic hydroxyl groups is 1. The van der Waals surface area contributed by atoms with Crippen LogP contribution in [0.5, 0.6) is 0 Å². The quantitative estimate of drug-likeness (QED) is 0.712. The molecule has 1 unspecified atom stereocenters. The molecular weight excluding hydrogens is 324 g/mol. The summed E-state index contributed by atoms with van der Waals surface area (Å²) in [6.45, 7) is 5.46. The van der Waals surface area contributed by atoms with Gasteiger partial charge in [-0.05, 0) is 25.1 Å².